The molecule has 0 aromatic carbocycles. The van der Waals surface area contributed by atoms with Gasteiger partial charge < -0.3 is 15.3 Å². The zero-order valence-corrected chi connectivity index (χ0v) is 6.02. The van der Waals surface area contributed by atoms with Gasteiger partial charge in [0.1, 0.15) is 0 Å². The Hall–Kier alpha value is -0.940. The molecule has 0 rings (SSSR count). The average molecular weight is 162 g/mol. The molecule has 0 unspecified atom stereocenters. The van der Waals surface area contributed by atoms with Crippen molar-refractivity contribution < 1.29 is 24.9 Å². The second kappa shape index (κ2) is 4.05. The van der Waals surface area contributed by atoms with E-state index in [4.69, 9.17) is 15.3 Å². The van der Waals surface area contributed by atoms with Crippen molar-refractivity contribution in [1.82, 2.24) is 0 Å². The molecule has 3 N–H and O–H groups in total. The lowest BCUT2D eigenvalue weighted by Gasteiger charge is -2.10. The second-order valence-electron chi connectivity index (χ2n) is 2.24. The summed E-state index contributed by atoms with van der Waals surface area (Å²) in [6.45, 7) is 1.28. The molecule has 0 amide bonds. The van der Waals surface area contributed by atoms with Gasteiger partial charge in [0.2, 0.25) is 5.78 Å². The first-order chi connectivity index (χ1) is 4.95. The van der Waals surface area contributed by atoms with E-state index in [1.165, 1.54) is 6.92 Å². The highest BCUT2D eigenvalue weighted by Crippen LogP contribution is 1.98. The lowest BCUT2D eigenvalue weighted by molar-refractivity contribution is -0.150. The molecule has 0 aliphatic carbocycles. The Kier molecular flexibility index (Phi) is 3.70. The number of hydrogen-bond donors (Lipinski definition) is 3. The minimum absolute atomic E-state index is 0.549. The van der Waals surface area contributed by atoms with Crippen molar-refractivity contribution in [1.29, 1.82) is 0 Å². The number of carbonyl (C=O) groups excluding carboxylic acids is 1. The largest absolute Gasteiger partial charge is 0.475 e. The van der Waals surface area contributed by atoms with Crippen LogP contribution in [0.25, 0.3) is 0 Å². The highest BCUT2D eigenvalue weighted by atomic mass is 16.4. The zero-order chi connectivity index (χ0) is 9.02. The number of aliphatic carboxylic acids is 1. The fourth-order valence-corrected chi connectivity index (χ4v) is 0.448. The second-order valence-corrected chi connectivity index (χ2v) is 2.24. The van der Waals surface area contributed by atoms with E-state index >= 15 is 0 Å². The molecule has 2 atom stereocenters. The van der Waals surface area contributed by atoms with Gasteiger partial charge in [0.05, 0.1) is 12.2 Å². The Morgan fingerprint density at radius 1 is 1.36 bits per heavy atom. The normalized spacial score (nSPS) is 15.5. The quantitative estimate of drug-likeness (QED) is 0.450. The minimum Gasteiger partial charge on any atom is -0.475 e. The van der Waals surface area contributed by atoms with E-state index in [-0.39, 0.29) is 0 Å². The standard InChI is InChI=1S/C6H10O5/c1-3(7)4(8)2-5(9)6(10)11/h3-4,7-8H,2H2,1H3,(H,10,11)/t3-,4-/m0/s1. The van der Waals surface area contributed by atoms with Crippen molar-refractivity contribution in [3.63, 3.8) is 0 Å². The van der Waals surface area contributed by atoms with Crippen LogP contribution in [0, 0.1) is 0 Å². The summed E-state index contributed by atoms with van der Waals surface area (Å²) >= 11 is 0. The van der Waals surface area contributed by atoms with E-state index in [1.54, 1.807) is 0 Å². The van der Waals surface area contributed by atoms with E-state index in [2.05, 4.69) is 0 Å². The van der Waals surface area contributed by atoms with Gasteiger partial charge in [-0.1, -0.05) is 0 Å². The molecule has 64 valence electrons. The van der Waals surface area contributed by atoms with Gasteiger partial charge in [0, 0.05) is 6.42 Å². The molecule has 11 heavy (non-hydrogen) atoms. The molecular weight excluding hydrogens is 152 g/mol. The molecule has 0 aliphatic heterocycles. The van der Waals surface area contributed by atoms with Crippen molar-refractivity contribution in [2.24, 2.45) is 0 Å². The number of carboxylic acid groups (broad SMARTS) is 1. The Morgan fingerprint density at radius 3 is 2.09 bits per heavy atom. The Morgan fingerprint density at radius 2 is 1.82 bits per heavy atom. The maximum absolute atomic E-state index is 10.4. The first-order valence-corrected chi connectivity index (χ1v) is 3.07. The number of rotatable bonds is 4. The summed E-state index contributed by atoms with van der Waals surface area (Å²) in [5, 5.41) is 25.5. The third-order valence-electron chi connectivity index (χ3n) is 1.19. The molecule has 0 saturated heterocycles. The van der Waals surface area contributed by atoms with Crippen molar-refractivity contribution in [2.45, 2.75) is 25.6 Å². The van der Waals surface area contributed by atoms with Crippen LogP contribution < -0.4 is 0 Å². The van der Waals surface area contributed by atoms with Crippen molar-refractivity contribution in [2.75, 3.05) is 0 Å². The predicted molar refractivity (Wildman–Crippen MR) is 34.9 cm³/mol. The SMILES string of the molecule is C[C@H](O)[C@@H](O)CC(=O)C(=O)O. The lowest BCUT2D eigenvalue weighted by atomic mass is 10.1. The third kappa shape index (κ3) is 3.69. The summed E-state index contributed by atoms with van der Waals surface area (Å²) in [6.07, 6.45) is -2.93. The molecule has 0 heterocycles. The molecular formula is C6H10O5. The smallest absolute Gasteiger partial charge is 0.372 e. The van der Waals surface area contributed by atoms with Gasteiger partial charge in [-0.2, -0.15) is 0 Å². The van der Waals surface area contributed by atoms with Crippen LogP contribution in [-0.4, -0.2) is 39.3 Å². The Balaban J connectivity index is 3.85. The van der Waals surface area contributed by atoms with Crippen LogP contribution in [0.15, 0.2) is 0 Å². The molecule has 0 fully saturated rings. The average Bonchev–Trinajstić information content (AvgIpc) is 1.87. The van der Waals surface area contributed by atoms with Gasteiger partial charge in [-0.25, -0.2) is 4.79 Å². The molecule has 0 bridgehead atoms. The zero-order valence-electron chi connectivity index (χ0n) is 6.02. The summed E-state index contributed by atoms with van der Waals surface area (Å²) in [7, 11) is 0. The van der Waals surface area contributed by atoms with Gasteiger partial charge >= 0.3 is 5.97 Å². The predicted octanol–water partition coefficient (Wildman–Crippen LogP) is -1.23. The number of aliphatic hydroxyl groups is 2. The summed E-state index contributed by atoms with van der Waals surface area (Å²) in [5.41, 5.74) is 0. The van der Waals surface area contributed by atoms with E-state index in [9.17, 15) is 9.59 Å². The molecule has 5 heteroatoms. The van der Waals surface area contributed by atoms with Crippen LogP contribution >= 0.6 is 0 Å². The van der Waals surface area contributed by atoms with Crippen LogP contribution in [0.2, 0.25) is 0 Å². The van der Waals surface area contributed by atoms with Crippen molar-refractivity contribution >= 4 is 11.8 Å². The first kappa shape index (κ1) is 10.1. The van der Waals surface area contributed by atoms with Crippen LogP contribution in [0.3, 0.4) is 0 Å². The van der Waals surface area contributed by atoms with E-state index in [0.29, 0.717) is 0 Å². The van der Waals surface area contributed by atoms with E-state index in [1.807, 2.05) is 0 Å². The van der Waals surface area contributed by atoms with Gasteiger partial charge in [0.15, 0.2) is 0 Å². The number of hydrogen-bond acceptors (Lipinski definition) is 4. The lowest BCUT2D eigenvalue weighted by Crippen LogP contribution is -2.28. The highest BCUT2D eigenvalue weighted by Gasteiger charge is 2.19. The summed E-state index contributed by atoms with van der Waals surface area (Å²) < 4.78 is 0. The van der Waals surface area contributed by atoms with Gasteiger partial charge in [0.25, 0.3) is 0 Å². The van der Waals surface area contributed by atoms with Crippen LogP contribution in [0.4, 0.5) is 0 Å². The highest BCUT2D eigenvalue weighted by molar-refractivity contribution is 6.32. The fraction of sp³-hybridized carbons (Fsp3) is 0.667. The summed E-state index contributed by atoms with van der Waals surface area (Å²) in [6, 6.07) is 0. The number of carboxylic acids is 1. The molecule has 0 radical (unpaired) electrons. The van der Waals surface area contributed by atoms with Crippen LogP contribution in [-0.2, 0) is 9.59 Å². The first-order valence-electron chi connectivity index (χ1n) is 3.07. The summed E-state index contributed by atoms with van der Waals surface area (Å²) in [5.74, 6) is -2.69. The van der Waals surface area contributed by atoms with Gasteiger partial charge in [-0.3, -0.25) is 4.79 Å². The molecule has 0 aromatic heterocycles. The molecule has 0 aliphatic rings. The number of aliphatic hydroxyl groups excluding tert-OH is 2. The Bertz CT molecular complexity index is 162. The maximum Gasteiger partial charge on any atom is 0.372 e. The molecule has 0 aromatic rings. The molecule has 0 saturated carbocycles. The van der Waals surface area contributed by atoms with E-state index < -0.39 is 30.4 Å². The van der Waals surface area contributed by atoms with Crippen molar-refractivity contribution in [3.05, 3.63) is 0 Å². The van der Waals surface area contributed by atoms with Crippen LogP contribution in [0.1, 0.15) is 13.3 Å². The maximum atomic E-state index is 10.4. The number of carbonyl (C=O) groups is 2. The fourth-order valence-electron chi connectivity index (χ4n) is 0.448. The number of ketones is 1. The topological polar surface area (TPSA) is 94.8 Å². The minimum atomic E-state index is -1.59. The molecule has 0 spiro atoms. The number of Topliss-reactive ketones (excluding diaryl/α,β-unsaturated/α-hetero) is 1. The van der Waals surface area contributed by atoms with E-state index in [0.717, 1.165) is 0 Å². The van der Waals surface area contributed by atoms with Gasteiger partial charge in [-0.15, -0.1) is 0 Å². The van der Waals surface area contributed by atoms with Crippen molar-refractivity contribution in [3.8, 4) is 0 Å². The third-order valence-corrected chi connectivity index (χ3v) is 1.19. The summed E-state index contributed by atoms with van der Waals surface area (Å²) in [4.78, 5) is 20.3. The van der Waals surface area contributed by atoms with Gasteiger partial charge in [-0.05, 0) is 6.92 Å². The van der Waals surface area contributed by atoms with Crippen LogP contribution in [0.5, 0.6) is 0 Å². The Labute approximate surface area is 63.3 Å². The monoisotopic (exact) mass is 162 g/mol. The molecule has 5 nitrogen and oxygen atoms in total.